The number of ether oxygens (including phenoxy) is 1. The molecule has 10 atom stereocenters. The lowest BCUT2D eigenvalue weighted by Gasteiger charge is -2.46. The standard InChI is InChI=1S/C76H105F8N13O14/c1-14-44(3)63-71(108)91(9)43-61(101)93(11)54-24-17-16-20-35-96(70(54)107)57(38-45-25-28-48(29-26-45)75(79,80)81)69(106)90(8)42-58(98)85-52(30-27-46-36-50(77)62(51(78)37-46)76(82,83)84)67(104)97-41-49(111-15-2)39-55(97)66(103)87-74(33-21-34-74)73(110)95(13)64(47-22-18-19-23-47)72(109)94(12)56(68(105)89(6)7)40-60(100)92(10)53(65(102)86-63)31-32-59(99)88(4)5/h16-17,25-26,28-29,36-37,44,47,49,52-57,63-64H,14-15,18-24,27,30-35,38-43H2,1-13H3,(H,85,98)(H,86,102)(H,87,103)/b17-16-/t44-,49+,52-,53-,54+,55-,56-,57-,63-,64-/m0/s1. The molecule has 2 aliphatic carbocycles. The van der Waals surface area contributed by atoms with Crippen molar-refractivity contribution >= 4 is 76.8 Å². The van der Waals surface area contributed by atoms with Gasteiger partial charge in [-0.25, -0.2) is 8.78 Å². The Morgan fingerprint density at radius 1 is 0.649 bits per heavy atom. The van der Waals surface area contributed by atoms with Crippen LogP contribution in [-0.4, -0.2) is 289 Å². The molecule has 614 valence electrons. The molecule has 111 heavy (non-hydrogen) atoms. The Labute approximate surface area is 641 Å². The molecule has 3 heterocycles. The molecule has 27 nitrogen and oxygen atoms in total. The fourth-order valence-electron chi connectivity index (χ4n) is 15.1. The van der Waals surface area contributed by atoms with Crippen molar-refractivity contribution in [1.29, 1.82) is 0 Å². The third kappa shape index (κ3) is 21.5. The molecule has 0 aromatic heterocycles. The zero-order chi connectivity index (χ0) is 82.6. The van der Waals surface area contributed by atoms with Crippen molar-refractivity contribution in [3.8, 4) is 0 Å². The molecule has 35 heteroatoms. The molecular weight excluding hydrogens is 1470 g/mol. The quantitative estimate of drug-likeness (QED) is 0.173. The van der Waals surface area contributed by atoms with Crippen LogP contribution in [0.3, 0.4) is 0 Å². The van der Waals surface area contributed by atoms with Crippen LogP contribution in [0.5, 0.6) is 0 Å². The summed E-state index contributed by atoms with van der Waals surface area (Å²) in [5, 5.41) is 8.16. The van der Waals surface area contributed by atoms with Gasteiger partial charge in [-0.1, -0.05) is 57.4 Å². The summed E-state index contributed by atoms with van der Waals surface area (Å²) in [6, 6.07) is -7.95. The van der Waals surface area contributed by atoms with Gasteiger partial charge >= 0.3 is 12.4 Å². The van der Waals surface area contributed by atoms with Crippen LogP contribution in [0.4, 0.5) is 35.1 Å². The van der Waals surface area contributed by atoms with Gasteiger partial charge in [0.15, 0.2) is 0 Å². The van der Waals surface area contributed by atoms with Crippen molar-refractivity contribution in [3.63, 3.8) is 0 Å². The molecule has 3 N–H and O–H groups in total. The second-order valence-corrected chi connectivity index (χ2v) is 30.2. The number of alkyl halides is 6. The first-order chi connectivity index (χ1) is 52.0. The SMILES string of the molecule is CCO[C@@H]1C[C@H]2C(=O)NC3(CCC3)C(=O)N(C)[C@@H](C3CCCC3)C(=O)N(C)[C@H](C(=O)N(C)C)CC(=O)N(C)[C@@H](CCC(=O)N(C)C)C(=O)N[C@@H]([C@@H](C)CC)C(=O)N(C)CC(=O)N(C)[C@@H]3C/C=C\CCN(C3=O)[C@@H](Cc3ccc(C(F)(F)F)cc3)C(=O)N(C)CC(=O)N[C@@H](CCc3cc(F)c(C(F)(F)F)c(F)c3)C(=O)N2C1. The van der Waals surface area contributed by atoms with Crippen LogP contribution in [-0.2, 0) is 92.3 Å². The number of nitrogens with one attached hydrogen (secondary N) is 3. The molecule has 2 saturated carbocycles. The lowest BCUT2D eigenvalue weighted by atomic mass is 9.74. The second-order valence-electron chi connectivity index (χ2n) is 30.2. The predicted molar refractivity (Wildman–Crippen MR) is 387 cm³/mol. The number of aryl methyl sites for hydroxylation is 1. The van der Waals surface area contributed by atoms with Crippen LogP contribution in [0, 0.1) is 23.5 Å². The molecule has 2 saturated heterocycles. The predicted octanol–water partition coefficient (Wildman–Crippen LogP) is 4.56. The van der Waals surface area contributed by atoms with E-state index < -0.39 is 228 Å². The molecule has 3 aliphatic heterocycles. The van der Waals surface area contributed by atoms with Crippen molar-refractivity contribution in [1.82, 2.24) is 64.9 Å². The highest BCUT2D eigenvalue weighted by Gasteiger charge is 2.54. The lowest BCUT2D eigenvalue weighted by molar-refractivity contribution is -0.158. The number of carbonyl (C=O) groups is 13. The number of benzene rings is 2. The Morgan fingerprint density at radius 3 is 1.83 bits per heavy atom. The highest BCUT2D eigenvalue weighted by Crippen LogP contribution is 2.40. The topological polar surface area (TPSA) is 300 Å². The van der Waals surface area contributed by atoms with Crippen molar-refractivity contribution in [2.45, 2.75) is 202 Å². The van der Waals surface area contributed by atoms with Crippen LogP contribution in [0.15, 0.2) is 48.6 Å². The summed E-state index contributed by atoms with van der Waals surface area (Å²) in [5.74, 6) is -16.3. The summed E-state index contributed by atoms with van der Waals surface area (Å²) in [6.45, 7) is 2.70. The molecule has 0 unspecified atom stereocenters. The molecule has 2 aromatic rings. The smallest absolute Gasteiger partial charge is 0.377 e. The van der Waals surface area contributed by atoms with Gasteiger partial charge < -0.3 is 69.7 Å². The van der Waals surface area contributed by atoms with Gasteiger partial charge in [0.2, 0.25) is 76.8 Å². The van der Waals surface area contributed by atoms with E-state index in [9.17, 15) is 55.1 Å². The first-order valence-electron chi connectivity index (χ1n) is 37.5. The minimum absolute atomic E-state index is 0.00987. The van der Waals surface area contributed by atoms with Gasteiger partial charge in [0.25, 0.3) is 0 Å². The van der Waals surface area contributed by atoms with E-state index in [0.717, 1.165) is 70.5 Å². The number of fused-ring (bicyclic) bond motifs is 3. The summed E-state index contributed by atoms with van der Waals surface area (Å²) in [6.07, 6.45) is -8.65. The molecule has 2 aromatic carbocycles. The molecule has 5 aliphatic rings. The first-order valence-corrected chi connectivity index (χ1v) is 37.5. The number of halogens is 8. The van der Waals surface area contributed by atoms with Crippen LogP contribution in [0.25, 0.3) is 0 Å². The van der Waals surface area contributed by atoms with Crippen molar-refractivity contribution in [2.24, 2.45) is 11.8 Å². The average molecular weight is 1580 g/mol. The molecule has 1 spiro atoms. The van der Waals surface area contributed by atoms with Crippen LogP contribution in [0.1, 0.15) is 139 Å². The van der Waals surface area contributed by atoms with E-state index in [4.69, 9.17) is 4.74 Å². The fraction of sp³-hybridized carbons (Fsp3) is 0.645. The zero-order valence-corrected chi connectivity index (χ0v) is 65.2. The van der Waals surface area contributed by atoms with Crippen LogP contribution < -0.4 is 16.0 Å². The van der Waals surface area contributed by atoms with Crippen molar-refractivity contribution in [3.05, 3.63) is 82.4 Å². The zero-order valence-electron chi connectivity index (χ0n) is 65.2. The van der Waals surface area contributed by atoms with E-state index in [2.05, 4.69) is 16.0 Å². The van der Waals surface area contributed by atoms with Gasteiger partial charge in [-0.05, 0) is 118 Å². The van der Waals surface area contributed by atoms with Gasteiger partial charge in [0.05, 0.1) is 31.2 Å². The van der Waals surface area contributed by atoms with E-state index in [1.54, 1.807) is 32.9 Å². The Bertz CT molecular complexity index is 3770. The maximum absolute atomic E-state index is 15.5. The summed E-state index contributed by atoms with van der Waals surface area (Å²) in [5.41, 5.74) is -5.33. The van der Waals surface area contributed by atoms with Gasteiger partial charge in [-0.15, -0.1) is 0 Å². The van der Waals surface area contributed by atoms with Gasteiger partial charge in [-0.3, -0.25) is 62.3 Å². The maximum atomic E-state index is 15.5. The molecular formula is C76H105F8N13O14. The molecule has 0 radical (unpaired) electrons. The number of nitrogens with zero attached hydrogens (tertiary/aromatic N) is 10. The number of amides is 13. The maximum Gasteiger partial charge on any atom is 0.422 e. The van der Waals surface area contributed by atoms with Crippen LogP contribution in [0.2, 0.25) is 0 Å². The monoisotopic (exact) mass is 1580 g/mol. The van der Waals surface area contributed by atoms with Gasteiger partial charge in [0, 0.05) is 109 Å². The Hall–Kier alpha value is -9.31. The highest BCUT2D eigenvalue weighted by atomic mass is 19.4. The van der Waals surface area contributed by atoms with Crippen molar-refractivity contribution < 1.29 is 102 Å². The average Bonchev–Trinajstić information content (AvgIpc) is 1.62. The van der Waals surface area contributed by atoms with Gasteiger partial charge in [-0.2, -0.15) is 26.3 Å². The second kappa shape index (κ2) is 37.8. The van der Waals surface area contributed by atoms with Gasteiger partial charge in [0.1, 0.15) is 71.1 Å². The highest BCUT2D eigenvalue weighted by molar-refractivity contribution is 6.01. The van der Waals surface area contributed by atoms with E-state index >= 15 is 42.3 Å². The molecule has 2 bridgehead atoms. The first kappa shape index (κ1) is 88.9. The largest absolute Gasteiger partial charge is 0.422 e. The van der Waals surface area contributed by atoms with E-state index in [1.165, 1.54) is 73.2 Å². The number of hydrogen-bond donors (Lipinski definition) is 3. The van der Waals surface area contributed by atoms with Crippen LogP contribution >= 0.6 is 0 Å². The normalized spacial score (nSPS) is 25.6. The number of rotatable bonds is 14. The summed E-state index contributed by atoms with van der Waals surface area (Å²) in [4.78, 5) is 205. The number of likely N-dealkylation sites (N-methyl/N-ethyl adjacent to an activating group) is 7. The molecule has 13 amide bonds. The van der Waals surface area contributed by atoms with Crippen molar-refractivity contribution in [2.75, 3.05) is 103 Å². The summed E-state index contributed by atoms with van der Waals surface area (Å²) < 4.78 is 120. The Balaban J connectivity index is 1.36. The summed E-state index contributed by atoms with van der Waals surface area (Å²) >= 11 is 0. The minimum atomic E-state index is -5.47. The van der Waals surface area contributed by atoms with E-state index in [1.807, 2.05) is 0 Å². The lowest BCUT2D eigenvalue weighted by Crippen LogP contribution is -2.68. The Kier molecular flexibility index (Phi) is 30.3. The Morgan fingerprint density at radius 2 is 1.27 bits per heavy atom. The van der Waals surface area contributed by atoms with E-state index in [0.29, 0.717) is 44.2 Å². The molecule has 4 fully saturated rings. The minimum Gasteiger partial charge on any atom is -0.377 e. The van der Waals surface area contributed by atoms with E-state index in [-0.39, 0.29) is 76.6 Å². The summed E-state index contributed by atoms with van der Waals surface area (Å²) in [7, 11) is 13.3. The number of hydrogen-bond acceptors (Lipinski definition) is 14. The fourth-order valence-corrected chi connectivity index (χ4v) is 15.1. The third-order valence-electron chi connectivity index (χ3n) is 22.2. The molecule has 7 rings (SSSR count). The third-order valence-corrected chi connectivity index (χ3v) is 22.2. The number of carbonyl (C=O) groups excluding carboxylic acids is 13.